The van der Waals surface area contributed by atoms with Crippen molar-refractivity contribution in [3.63, 3.8) is 0 Å². The summed E-state index contributed by atoms with van der Waals surface area (Å²) in [6.07, 6.45) is -6.14. The number of pyridine rings is 1. The van der Waals surface area contributed by atoms with Crippen LogP contribution in [0.2, 0.25) is 0 Å². The van der Waals surface area contributed by atoms with Gasteiger partial charge in [0.25, 0.3) is 0 Å². The maximum Gasteiger partial charge on any atom is 0.573 e. The molecule has 1 aliphatic heterocycles. The average Bonchev–Trinajstić information content (AvgIpc) is 2.67. The molecule has 3 N–H and O–H groups in total. The second kappa shape index (κ2) is 8.45. The Labute approximate surface area is 170 Å². The van der Waals surface area contributed by atoms with E-state index >= 15 is 0 Å². The van der Waals surface area contributed by atoms with Gasteiger partial charge in [-0.15, -0.1) is 13.2 Å². The molecule has 0 fully saturated rings. The summed E-state index contributed by atoms with van der Waals surface area (Å²) >= 11 is 0. The highest BCUT2D eigenvalue weighted by atomic mass is 19.4. The average molecular weight is 442 g/mol. The van der Waals surface area contributed by atoms with Crippen molar-refractivity contribution < 1.29 is 31.1 Å². The molecule has 162 valence electrons. The van der Waals surface area contributed by atoms with Gasteiger partial charge < -0.3 is 15.4 Å². The number of rotatable bonds is 4. The Kier molecular flexibility index (Phi) is 5.95. The summed E-state index contributed by atoms with van der Waals surface area (Å²) in [5.41, 5.74) is -0.509. The molecular weight excluding hydrogens is 430 g/mol. The van der Waals surface area contributed by atoms with Crippen molar-refractivity contribution in [3.8, 4) is 5.75 Å². The zero-order chi connectivity index (χ0) is 22.6. The Morgan fingerprint density at radius 3 is 2.35 bits per heavy atom. The van der Waals surface area contributed by atoms with E-state index in [2.05, 4.69) is 30.3 Å². The number of benzene rings is 1. The Bertz CT molecular complexity index is 1060. The van der Waals surface area contributed by atoms with E-state index in [-0.39, 0.29) is 23.1 Å². The molecule has 0 spiro atoms. The van der Waals surface area contributed by atoms with E-state index in [1.54, 1.807) is 0 Å². The first-order valence-electron chi connectivity index (χ1n) is 8.34. The summed E-state index contributed by atoms with van der Waals surface area (Å²) in [5.74, 6) is -0.721. The number of hydrogen-bond donors (Lipinski definition) is 3. The fraction of sp³-hybridized carbons (Fsp3) is 0.111. The Morgan fingerprint density at radius 2 is 1.71 bits per heavy atom. The molecule has 13 heteroatoms. The van der Waals surface area contributed by atoms with E-state index in [4.69, 9.17) is 5.41 Å². The molecule has 7 nitrogen and oxygen atoms in total. The van der Waals surface area contributed by atoms with E-state index in [9.17, 15) is 26.3 Å². The van der Waals surface area contributed by atoms with Crippen molar-refractivity contribution in [2.24, 2.45) is 9.98 Å². The topological polar surface area (TPSA) is 94.8 Å². The predicted octanol–water partition coefficient (Wildman–Crippen LogP) is 4.82. The molecular formula is C18H12F6N6O. The molecule has 0 saturated heterocycles. The molecule has 2 heterocycles. The molecule has 2 aromatic rings. The van der Waals surface area contributed by atoms with Crippen LogP contribution >= 0.6 is 0 Å². The Morgan fingerprint density at radius 1 is 1.00 bits per heavy atom. The molecule has 0 bridgehead atoms. The third kappa shape index (κ3) is 6.04. The van der Waals surface area contributed by atoms with Gasteiger partial charge >= 0.3 is 12.5 Å². The van der Waals surface area contributed by atoms with Gasteiger partial charge in [-0.3, -0.25) is 5.41 Å². The van der Waals surface area contributed by atoms with Crippen LogP contribution in [0.25, 0.3) is 0 Å². The van der Waals surface area contributed by atoms with E-state index in [1.807, 2.05) is 0 Å². The molecule has 3 rings (SSSR count). The van der Waals surface area contributed by atoms with Crippen LogP contribution in [0.4, 0.5) is 37.8 Å². The van der Waals surface area contributed by atoms with Crippen LogP contribution in [0.5, 0.6) is 5.75 Å². The number of ether oxygens (including phenoxy) is 1. The summed E-state index contributed by atoms with van der Waals surface area (Å²) < 4.78 is 79.0. The van der Waals surface area contributed by atoms with E-state index < -0.39 is 23.9 Å². The number of aliphatic imine (C=N–C) groups is 2. The third-order valence-electron chi connectivity index (χ3n) is 3.69. The molecule has 31 heavy (non-hydrogen) atoms. The highest BCUT2D eigenvalue weighted by Crippen LogP contribution is 2.30. The lowest BCUT2D eigenvalue weighted by atomic mass is 10.2. The lowest BCUT2D eigenvalue weighted by Crippen LogP contribution is -2.24. The second-order valence-corrected chi connectivity index (χ2v) is 5.90. The molecule has 0 saturated carbocycles. The minimum Gasteiger partial charge on any atom is -0.406 e. The Balaban J connectivity index is 1.77. The van der Waals surface area contributed by atoms with Crippen LogP contribution in [0, 0.1) is 5.41 Å². The number of alkyl halides is 6. The van der Waals surface area contributed by atoms with Gasteiger partial charge in [-0.05, 0) is 36.4 Å². The van der Waals surface area contributed by atoms with Gasteiger partial charge in [0.15, 0.2) is 5.84 Å². The zero-order valence-corrected chi connectivity index (χ0v) is 15.2. The van der Waals surface area contributed by atoms with Gasteiger partial charge in [0.2, 0.25) is 0 Å². The first-order chi connectivity index (χ1) is 14.5. The molecule has 0 amide bonds. The zero-order valence-electron chi connectivity index (χ0n) is 15.2. The van der Waals surface area contributed by atoms with Crippen LogP contribution in [-0.2, 0) is 6.18 Å². The predicted molar refractivity (Wildman–Crippen MR) is 101 cm³/mol. The summed E-state index contributed by atoms with van der Waals surface area (Å²) in [4.78, 5) is 11.4. The number of anilines is 2. The lowest BCUT2D eigenvalue weighted by Gasteiger charge is -2.16. The van der Waals surface area contributed by atoms with Gasteiger partial charge in [-0.25, -0.2) is 15.0 Å². The van der Waals surface area contributed by atoms with Gasteiger partial charge in [-0.2, -0.15) is 13.2 Å². The SMILES string of the molecule is N=C1N=CN=C(Nc2ccc(OC(F)(F)F)cc2)/C1=C/Nc1cc(C(F)(F)F)ccn1. The highest BCUT2D eigenvalue weighted by Gasteiger charge is 2.31. The van der Waals surface area contributed by atoms with Crippen LogP contribution < -0.4 is 15.4 Å². The van der Waals surface area contributed by atoms with Gasteiger partial charge in [0, 0.05) is 18.1 Å². The van der Waals surface area contributed by atoms with Crippen molar-refractivity contribution in [3.05, 3.63) is 59.9 Å². The quantitative estimate of drug-likeness (QED) is 0.592. The first-order valence-corrected chi connectivity index (χ1v) is 8.34. The summed E-state index contributed by atoms with van der Waals surface area (Å²) in [5, 5.41) is 13.3. The molecule has 1 aromatic carbocycles. The molecule has 0 atom stereocenters. The molecule has 1 aromatic heterocycles. The smallest absolute Gasteiger partial charge is 0.406 e. The molecule has 1 aliphatic rings. The number of aromatic nitrogens is 1. The van der Waals surface area contributed by atoms with Gasteiger partial charge in [0.1, 0.15) is 23.7 Å². The largest absolute Gasteiger partial charge is 0.573 e. The maximum atomic E-state index is 12.8. The van der Waals surface area contributed by atoms with Crippen LogP contribution in [0.15, 0.2) is 64.4 Å². The monoisotopic (exact) mass is 442 g/mol. The molecule has 0 aliphatic carbocycles. The summed E-state index contributed by atoms with van der Waals surface area (Å²) in [7, 11) is 0. The normalized spacial score (nSPS) is 15.6. The number of nitrogens with one attached hydrogen (secondary N) is 3. The minimum absolute atomic E-state index is 0.0809. The van der Waals surface area contributed by atoms with Crippen LogP contribution in [-0.4, -0.2) is 29.4 Å². The Hall–Kier alpha value is -3.90. The fourth-order valence-electron chi connectivity index (χ4n) is 2.34. The van der Waals surface area contributed by atoms with E-state index in [1.165, 1.54) is 18.3 Å². The van der Waals surface area contributed by atoms with Crippen molar-refractivity contribution in [2.75, 3.05) is 10.6 Å². The number of hydrogen-bond acceptors (Lipinski definition) is 6. The van der Waals surface area contributed by atoms with Gasteiger partial charge in [-0.1, -0.05) is 0 Å². The molecule has 0 unspecified atom stereocenters. The number of nitrogens with zero attached hydrogens (tertiary/aromatic N) is 3. The lowest BCUT2D eigenvalue weighted by molar-refractivity contribution is -0.274. The summed E-state index contributed by atoms with van der Waals surface area (Å²) in [6.45, 7) is 0. The van der Waals surface area contributed by atoms with Crippen molar-refractivity contribution >= 4 is 29.5 Å². The van der Waals surface area contributed by atoms with Crippen LogP contribution in [0.1, 0.15) is 5.56 Å². The first kappa shape index (κ1) is 21.8. The third-order valence-corrected chi connectivity index (χ3v) is 3.69. The van der Waals surface area contributed by atoms with Crippen molar-refractivity contribution in [1.29, 1.82) is 5.41 Å². The minimum atomic E-state index is -4.83. The van der Waals surface area contributed by atoms with E-state index in [0.717, 1.165) is 36.8 Å². The van der Waals surface area contributed by atoms with Gasteiger partial charge in [0.05, 0.1) is 11.1 Å². The fourth-order valence-corrected chi connectivity index (χ4v) is 2.34. The van der Waals surface area contributed by atoms with Crippen molar-refractivity contribution in [1.82, 2.24) is 4.98 Å². The maximum absolute atomic E-state index is 12.8. The van der Waals surface area contributed by atoms with Crippen molar-refractivity contribution in [2.45, 2.75) is 12.5 Å². The highest BCUT2D eigenvalue weighted by molar-refractivity contribution is 6.30. The van der Waals surface area contributed by atoms with E-state index in [0.29, 0.717) is 5.69 Å². The second-order valence-electron chi connectivity index (χ2n) is 5.90. The number of amidine groups is 2. The summed E-state index contributed by atoms with van der Waals surface area (Å²) in [6, 6.07) is 6.33. The molecule has 0 radical (unpaired) electrons. The standard InChI is InChI=1S/C18H12F6N6O/c19-17(20,21)10-5-6-26-14(7-10)27-8-13-15(25)28-9-29-16(13)30-11-1-3-12(4-2-11)31-18(22,23)24/h1-9H,(H,26,27)(H2,25,28,29,30)/b13-8+. The van der Waals surface area contributed by atoms with Crippen LogP contribution in [0.3, 0.4) is 0 Å². The number of halogens is 6.